The molecule has 2 fully saturated rings. The summed E-state index contributed by atoms with van der Waals surface area (Å²) in [5, 5.41) is 1.01. The van der Waals surface area contributed by atoms with Crippen LogP contribution in [0.4, 0.5) is 5.69 Å². The fourth-order valence-electron chi connectivity index (χ4n) is 3.62. The van der Waals surface area contributed by atoms with E-state index in [2.05, 4.69) is 4.98 Å². The van der Waals surface area contributed by atoms with Gasteiger partial charge in [0.2, 0.25) is 0 Å². The largest absolute Gasteiger partial charge is 0.397 e. The summed E-state index contributed by atoms with van der Waals surface area (Å²) in [7, 11) is 0. The number of nitrogens with two attached hydrogens (primary N) is 1. The van der Waals surface area contributed by atoms with Crippen molar-refractivity contribution in [2.45, 2.75) is 25.3 Å². The van der Waals surface area contributed by atoms with Gasteiger partial charge in [-0.2, -0.15) is 0 Å². The normalized spacial score (nSPS) is 25.4. The molecule has 1 aliphatic heterocycles. The van der Waals surface area contributed by atoms with Crippen molar-refractivity contribution in [1.29, 1.82) is 0 Å². The Hall–Kier alpha value is -1.97. The Morgan fingerprint density at radius 3 is 2.95 bits per heavy atom. The molecule has 0 spiro atoms. The fraction of sp³-hybridized carbons (Fsp3) is 0.400. The number of aromatic amines is 1. The maximum Gasteiger partial charge on any atom is 0.270 e. The molecule has 2 aromatic rings. The first-order valence-corrected chi connectivity index (χ1v) is 6.90. The number of rotatable bonds is 1. The molecule has 19 heavy (non-hydrogen) atoms. The number of nitrogens with zero attached hydrogens (tertiary/aromatic N) is 1. The van der Waals surface area contributed by atoms with Gasteiger partial charge in [0, 0.05) is 18.0 Å². The lowest BCUT2D eigenvalue weighted by atomic mass is 10.1. The monoisotopic (exact) mass is 255 g/mol. The average molecular weight is 255 g/mol. The summed E-state index contributed by atoms with van der Waals surface area (Å²) in [5.41, 5.74) is 8.16. The number of carbonyl (C=O) groups is 1. The second-order valence-corrected chi connectivity index (χ2v) is 5.78. The molecule has 2 unspecified atom stereocenters. The van der Waals surface area contributed by atoms with E-state index in [1.807, 2.05) is 29.2 Å². The Bertz CT molecular complexity index is 660. The molecule has 2 bridgehead atoms. The van der Waals surface area contributed by atoms with Gasteiger partial charge in [-0.1, -0.05) is 12.1 Å². The third-order valence-corrected chi connectivity index (χ3v) is 4.59. The highest BCUT2D eigenvalue weighted by atomic mass is 16.2. The van der Waals surface area contributed by atoms with Crippen LogP contribution in [0.3, 0.4) is 0 Å². The number of para-hydroxylation sites is 1. The van der Waals surface area contributed by atoms with Gasteiger partial charge in [0.15, 0.2) is 0 Å². The molecule has 1 aliphatic carbocycles. The van der Waals surface area contributed by atoms with E-state index in [-0.39, 0.29) is 5.91 Å². The van der Waals surface area contributed by atoms with Crippen molar-refractivity contribution in [3.63, 3.8) is 0 Å². The number of benzene rings is 1. The lowest BCUT2D eigenvalue weighted by Gasteiger charge is -2.26. The number of amides is 1. The second kappa shape index (κ2) is 3.76. The summed E-state index contributed by atoms with van der Waals surface area (Å²) in [6.45, 7) is 0.925. The third kappa shape index (κ3) is 1.56. The molecule has 2 heterocycles. The first-order valence-electron chi connectivity index (χ1n) is 6.90. The van der Waals surface area contributed by atoms with Crippen LogP contribution in [-0.4, -0.2) is 28.4 Å². The first-order chi connectivity index (χ1) is 9.22. The van der Waals surface area contributed by atoms with Crippen molar-refractivity contribution in [2.75, 3.05) is 12.3 Å². The SMILES string of the molecule is Nc1cccc2cc(C(=O)N3CC4CCC3C4)[nH]c12. The van der Waals surface area contributed by atoms with Gasteiger partial charge in [0.05, 0.1) is 11.2 Å². The zero-order valence-electron chi connectivity index (χ0n) is 10.7. The molecule has 2 aliphatic rings. The van der Waals surface area contributed by atoms with Gasteiger partial charge >= 0.3 is 0 Å². The van der Waals surface area contributed by atoms with Crippen LogP contribution in [0.15, 0.2) is 24.3 Å². The van der Waals surface area contributed by atoms with Gasteiger partial charge in [0.1, 0.15) is 5.69 Å². The molecule has 4 heteroatoms. The Morgan fingerprint density at radius 1 is 1.37 bits per heavy atom. The van der Waals surface area contributed by atoms with Crippen molar-refractivity contribution in [3.8, 4) is 0 Å². The maximum atomic E-state index is 12.6. The van der Waals surface area contributed by atoms with Crippen LogP contribution >= 0.6 is 0 Å². The Morgan fingerprint density at radius 2 is 2.26 bits per heavy atom. The molecule has 2 atom stereocenters. The summed E-state index contributed by atoms with van der Waals surface area (Å²) in [6.07, 6.45) is 3.64. The third-order valence-electron chi connectivity index (χ3n) is 4.59. The van der Waals surface area contributed by atoms with Gasteiger partial charge in [-0.3, -0.25) is 4.79 Å². The summed E-state index contributed by atoms with van der Waals surface area (Å²) in [5.74, 6) is 0.853. The molecule has 1 saturated heterocycles. The molecule has 4 rings (SSSR count). The topological polar surface area (TPSA) is 62.1 Å². The number of aromatic nitrogens is 1. The zero-order chi connectivity index (χ0) is 13.0. The Labute approximate surface area is 111 Å². The molecular formula is C15H17N3O. The van der Waals surface area contributed by atoms with Gasteiger partial charge in [0.25, 0.3) is 5.91 Å². The molecule has 3 N–H and O–H groups in total. The second-order valence-electron chi connectivity index (χ2n) is 5.78. The van der Waals surface area contributed by atoms with E-state index in [0.29, 0.717) is 17.4 Å². The lowest BCUT2D eigenvalue weighted by molar-refractivity contribution is 0.0698. The highest BCUT2D eigenvalue weighted by Gasteiger charge is 2.40. The quantitative estimate of drug-likeness (QED) is 0.768. The van der Waals surface area contributed by atoms with Crippen LogP contribution in [-0.2, 0) is 0 Å². The summed E-state index contributed by atoms with van der Waals surface area (Å²) in [4.78, 5) is 17.8. The van der Waals surface area contributed by atoms with E-state index in [1.165, 1.54) is 19.3 Å². The first kappa shape index (κ1) is 10.9. The lowest BCUT2D eigenvalue weighted by Crippen LogP contribution is -2.37. The molecule has 4 nitrogen and oxygen atoms in total. The highest BCUT2D eigenvalue weighted by molar-refractivity contribution is 6.01. The minimum atomic E-state index is 0.128. The predicted octanol–water partition coefficient (Wildman–Crippen LogP) is 2.37. The van der Waals surface area contributed by atoms with E-state index in [1.54, 1.807) is 0 Å². The van der Waals surface area contributed by atoms with E-state index in [0.717, 1.165) is 23.4 Å². The van der Waals surface area contributed by atoms with E-state index < -0.39 is 0 Å². The van der Waals surface area contributed by atoms with Gasteiger partial charge in [-0.25, -0.2) is 0 Å². The molecule has 1 saturated carbocycles. The maximum absolute atomic E-state index is 12.6. The molecule has 98 valence electrons. The number of hydrogen-bond acceptors (Lipinski definition) is 2. The molecule has 1 amide bonds. The van der Waals surface area contributed by atoms with Gasteiger partial charge < -0.3 is 15.6 Å². The minimum absolute atomic E-state index is 0.128. The standard InChI is InChI=1S/C15H17N3O/c16-12-3-1-2-10-7-13(17-14(10)12)15(19)18-8-9-4-5-11(18)6-9/h1-3,7,9,11,17H,4-6,8,16H2. The van der Waals surface area contributed by atoms with Crippen LogP contribution < -0.4 is 5.73 Å². The van der Waals surface area contributed by atoms with Gasteiger partial charge in [-0.05, 0) is 37.3 Å². The van der Waals surface area contributed by atoms with E-state index >= 15 is 0 Å². The van der Waals surface area contributed by atoms with Gasteiger partial charge in [-0.15, -0.1) is 0 Å². The van der Waals surface area contributed by atoms with Crippen LogP contribution in [0.1, 0.15) is 29.8 Å². The minimum Gasteiger partial charge on any atom is -0.397 e. The number of likely N-dealkylation sites (tertiary alicyclic amines) is 1. The smallest absolute Gasteiger partial charge is 0.270 e. The van der Waals surface area contributed by atoms with Crippen molar-refractivity contribution in [1.82, 2.24) is 9.88 Å². The highest BCUT2D eigenvalue weighted by Crippen LogP contribution is 2.38. The summed E-state index contributed by atoms with van der Waals surface area (Å²) < 4.78 is 0. The number of nitrogens with one attached hydrogen (secondary N) is 1. The number of piperidine rings is 1. The summed E-state index contributed by atoms with van der Waals surface area (Å²) in [6, 6.07) is 8.12. The van der Waals surface area contributed by atoms with Crippen LogP contribution in [0.25, 0.3) is 10.9 Å². The van der Waals surface area contributed by atoms with Crippen molar-refractivity contribution < 1.29 is 4.79 Å². The molecule has 1 aromatic carbocycles. The number of nitrogen functional groups attached to an aromatic ring is 1. The zero-order valence-corrected chi connectivity index (χ0v) is 10.7. The van der Waals surface area contributed by atoms with E-state index in [4.69, 9.17) is 5.73 Å². The predicted molar refractivity (Wildman–Crippen MR) is 74.9 cm³/mol. The van der Waals surface area contributed by atoms with Crippen LogP contribution in [0.5, 0.6) is 0 Å². The molecular weight excluding hydrogens is 238 g/mol. The van der Waals surface area contributed by atoms with E-state index in [9.17, 15) is 4.79 Å². The fourth-order valence-corrected chi connectivity index (χ4v) is 3.62. The molecule has 1 aromatic heterocycles. The van der Waals surface area contributed by atoms with Crippen molar-refractivity contribution >= 4 is 22.5 Å². The Kier molecular flexibility index (Phi) is 2.16. The van der Waals surface area contributed by atoms with Crippen LogP contribution in [0, 0.1) is 5.92 Å². The number of fused-ring (bicyclic) bond motifs is 3. The number of hydrogen-bond donors (Lipinski definition) is 2. The van der Waals surface area contributed by atoms with Crippen molar-refractivity contribution in [3.05, 3.63) is 30.0 Å². The van der Waals surface area contributed by atoms with Crippen molar-refractivity contribution in [2.24, 2.45) is 5.92 Å². The summed E-state index contributed by atoms with van der Waals surface area (Å²) >= 11 is 0. The molecule has 0 radical (unpaired) electrons. The Balaban J connectivity index is 1.70. The van der Waals surface area contributed by atoms with Crippen LogP contribution in [0.2, 0.25) is 0 Å². The average Bonchev–Trinajstić information content (AvgIpc) is 3.12. The number of anilines is 1. The number of H-pyrrole nitrogens is 1. The number of carbonyl (C=O) groups excluding carboxylic acids is 1.